The number of aliphatic hydroxyl groups is 2. The molecule has 1 saturated heterocycles. The highest BCUT2D eigenvalue weighted by molar-refractivity contribution is 5.93. The molecule has 1 heterocycles. The zero-order valence-corrected chi connectivity index (χ0v) is 29.2. The molecule has 1 aromatic rings. The number of amides is 3. The molecule has 0 spiro atoms. The second-order valence-electron chi connectivity index (χ2n) is 14.1. The van der Waals surface area contributed by atoms with Gasteiger partial charge in [0.1, 0.15) is 6.10 Å². The van der Waals surface area contributed by atoms with Crippen LogP contribution in [-0.4, -0.2) is 101 Å². The maximum Gasteiger partial charge on any atom is 0.296 e. The molecular weight excluding hydrogens is 592 g/mol. The molecule has 0 unspecified atom stereocenters. The van der Waals surface area contributed by atoms with Crippen LogP contribution in [0.1, 0.15) is 103 Å². The molecule has 9 heteroatoms. The van der Waals surface area contributed by atoms with Gasteiger partial charge in [-0.15, -0.1) is 0 Å². The zero-order chi connectivity index (χ0) is 34.0. The molecule has 3 rings (SSSR count). The first-order valence-electron chi connectivity index (χ1n) is 18.1. The molecule has 0 radical (unpaired) electrons. The SMILES string of the molecule is CC(C)C[C@H](O)[C@H](O)[C@H](CC1CCCCC1)NC(=O)C#CCCN(Cc1ccccc1)C(=O)CCC(=O)N(C)CCN1CCCCC1. The van der Waals surface area contributed by atoms with Crippen molar-refractivity contribution in [2.75, 3.05) is 39.8 Å². The Morgan fingerprint density at radius 1 is 0.936 bits per heavy atom. The highest BCUT2D eigenvalue weighted by atomic mass is 16.3. The molecule has 1 saturated carbocycles. The molecule has 1 aliphatic heterocycles. The van der Waals surface area contributed by atoms with Gasteiger partial charge in [0, 0.05) is 52.5 Å². The smallest absolute Gasteiger partial charge is 0.296 e. The van der Waals surface area contributed by atoms with E-state index < -0.39 is 24.2 Å². The Morgan fingerprint density at radius 3 is 2.28 bits per heavy atom. The number of likely N-dealkylation sites (tertiary alicyclic amines) is 1. The third-order valence-electron chi connectivity index (χ3n) is 9.60. The molecule has 1 aromatic carbocycles. The normalized spacial score (nSPS) is 17.7. The van der Waals surface area contributed by atoms with E-state index in [1.807, 2.05) is 51.2 Å². The lowest BCUT2D eigenvalue weighted by Crippen LogP contribution is -2.49. The van der Waals surface area contributed by atoms with Crippen molar-refractivity contribution in [2.45, 2.75) is 122 Å². The first kappa shape index (κ1) is 38.5. The zero-order valence-electron chi connectivity index (χ0n) is 29.2. The van der Waals surface area contributed by atoms with E-state index in [2.05, 4.69) is 22.1 Å². The lowest BCUT2D eigenvalue weighted by atomic mass is 9.82. The third-order valence-corrected chi connectivity index (χ3v) is 9.60. The lowest BCUT2D eigenvalue weighted by Gasteiger charge is -2.32. The van der Waals surface area contributed by atoms with E-state index in [1.165, 1.54) is 25.7 Å². The molecule has 262 valence electrons. The number of benzene rings is 1. The Kier molecular flexibility index (Phi) is 17.3. The fraction of sp³-hybridized carbons (Fsp3) is 0.711. The summed E-state index contributed by atoms with van der Waals surface area (Å²) < 4.78 is 0. The van der Waals surface area contributed by atoms with E-state index in [4.69, 9.17) is 0 Å². The predicted octanol–water partition coefficient (Wildman–Crippen LogP) is 4.36. The molecule has 0 aromatic heterocycles. The Hall–Kier alpha value is -2.93. The van der Waals surface area contributed by atoms with E-state index >= 15 is 0 Å². The summed E-state index contributed by atoms with van der Waals surface area (Å²) in [5.41, 5.74) is 0.982. The average Bonchev–Trinajstić information content (AvgIpc) is 3.07. The van der Waals surface area contributed by atoms with Crippen LogP contribution >= 0.6 is 0 Å². The van der Waals surface area contributed by atoms with Crippen LogP contribution in [0.25, 0.3) is 0 Å². The summed E-state index contributed by atoms with van der Waals surface area (Å²) in [4.78, 5) is 44.9. The van der Waals surface area contributed by atoms with Crippen LogP contribution in [0.15, 0.2) is 30.3 Å². The van der Waals surface area contributed by atoms with Crippen LogP contribution in [0, 0.1) is 23.7 Å². The minimum absolute atomic E-state index is 0.0324. The Bertz CT molecular complexity index is 1140. The van der Waals surface area contributed by atoms with Gasteiger partial charge in [0.15, 0.2) is 0 Å². The molecule has 0 bridgehead atoms. The first-order valence-corrected chi connectivity index (χ1v) is 18.1. The van der Waals surface area contributed by atoms with E-state index in [9.17, 15) is 24.6 Å². The number of nitrogens with zero attached hydrogens (tertiary/aromatic N) is 3. The number of aliphatic hydroxyl groups excluding tert-OH is 2. The van der Waals surface area contributed by atoms with Crippen LogP contribution in [0.5, 0.6) is 0 Å². The summed E-state index contributed by atoms with van der Waals surface area (Å²) in [6, 6.07) is 9.14. The third kappa shape index (κ3) is 14.8. The van der Waals surface area contributed by atoms with Gasteiger partial charge in [-0.3, -0.25) is 14.4 Å². The van der Waals surface area contributed by atoms with Gasteiger partial charge in [-0.1, -0.05) is 88.6 Å². The molecular formula is C38H60N4O5. The first-order chi connectivity index (χ1) is 22.6. The second-order valence-corrected chi connectivity index (χ2v) is 14.1. The summed E-state index contributed by atoms with van der Waals surface area (Å²) in [5, 5.41) is 24.5. The summed E-state index contributed by atoms with van der Waals surface area (Å²) in [7, 11) is 1.81. The highest BCUT2D eigenvalue weighted by Crippen LogP contribution is 2.29. The van der Waals surface area contributed by atoms with Gasteiger partial charge in [-0.05, 0) is 62.1 Å². The van der Waals surface area contributed by atoms with E-state index in [-0.39, 0.29) is 30.6 Å². The highest BCUT2D eigenvalue weighted by Gasteiger charge is 2.30. The van der Waals surface area contributed by atoms with Crippen molar-refractivity contribution in [2.24, 2.45) is 11.8 Å². The van der Waals surface area contributed by atoms with Gasteiger partial charge in [0.25, 0.3) is 5.91 Å². The maximum absolute atomic E-state index is 13.3. The van der Waals surface area contributed by atoms with Crippen LogP contribution in [0.3, 0.4) is 0 Å². The van der Waals surface area contributed by atoms with Gasteiger partial charge in [0.05, 0.1) is 12.1 Å². The van der Waals surface area contributed by atoms with Crippen LogP contribution in [0.2, 0.25) is 0 Å². The van der Waals surface area contributed by atoms with Crippen molar-refractivity contribution in [1.82, 2.24) is 20.0 Å². The lowest BCUT2D eigenvalue weighted by molar-refractivity contribution is -0.136. The molecule has 1 aliphatic carbocycles. The van der Waals surface area contributed by atoms with Crippen molar-refractivity contribution in [1.29, 1.82) is 0 Å². The molecule has 3 N–H and O–H groups in total. The number of carbonyl (C=O) groups is 3. The van der Waals surface area contributed by atoms with Gasteiger partial charge >= 0.3 is 0 Å². The van der Waals surface area contributed by atoms with E-state index in [1.54, 1.807) is 9.80 Å². The number of rotatable bonds is 17. The van der Waals surface area contributed by atoms with Crippen molar-refractivity contribution >= 4 is 17.7 Å². The second kappa shape index (κ2) is 21.1. The summed E-state index contributed by atoms with van der Waals surface area (Å²) >= 11 is 0. The van der Waals surface area contributed by atoms with Crippen LogP contribution in [0.4, 0.5) is 0 Å². The predicted molar refractivity (Wildman–Crippen MR) is 186 cm³/mol. The number of piperidine rings is 1. The van der Waals surface area contributed by atoms with Gasteiger partial charge in [-0.25, -0.2) is 0 Å². The van der Waals surface area contributed by atoms with Crippen LogP contribution < -0.4 is 5.32 Å². The Labute approximate surface area is 283 Å². The maximum atomic E-state index is 13.3. The minimum atomic E-state index is -1.06. The van der Waals surface area contributed by atoms with Gasteiger partial charge in [-0.2, -0.15) is 0 Å². The monoisotopic (exact) mass is 652 g/mol. The van der Waals surface area contributed by atoms with E-state index in [0.29, 0.717) is 44.8 Å². The fourth-order valence-electron chi connectivity index (χ4n) is 6.75. The number of hydrogen-bond donors (Lipinski definition) is 3. The summed E-state index contributed by atoms with van der Waals surface area (Å²) in [6.07, 6.45) is 9.01. The molecule has 3 atom stereocenters. The Balaban J connectivity index is 1.54. The topological polar surface area (TPSA) is 113 Å². The summed E-state index contributed by atoms with van der Waals surface area (Å²) in [5.74, 6) is 5.56. The quantitative estimate of drug-likeness (QED) is 0.216. The standard InChI is InChI=1S/C38H60N4O5/c1-30(2)27-34(43)38(47)33(28-31-15-7-4-8-16-31)39-35(44)19-11-14-24-42(29-32-17-9-5-10-18-32)37(46)21-20-36(45)40(3)25-26-41-22-12-6-13-23-41/h5,9-10,17-18,30-31,33-34,38,43,47H,4,6-8,12-16,20-29H2,1-3H3,(H,39,44)/t33-,34-,38+/m0/s1. The van der Waals surface area contributed by atoms with Crippen molar-refractivity contribution < 1.29 is 24.6 Å². The van der Waals surface area contributed by atoms with Crippen LogP contribution in [-0.2, 0) is 20.9 Å². The molecule has 47 heavy (non-hydrogen) atoms. The number of likely N-dealkylation sites (N-methyl/N-ethyl adjacent to an activating group) is 1. The number of nitrogens with one attached hydrogen (secondary N) is 1. The van der Waals surface area contributed by atoms with Gasteiger partial charge < -0.3 is 30.2 Å². The molecule has 2 aliphatic rings. The molecule has 3 amide bonds. The van der Waals surface area contributed by atoms with Crippen molar-refractivity contribution in [3.05, 3.63) is 35.9 Å². The minimum Gasteiger partial charge on any atom is -0.390 e. The average molecular weight is 653 g/mol. The van der Waals surface area contributed by atoms with Crippen molar-refractivity contribution in [3.8, 4) is 11.8 Å². The number of hydrogen-bond acceptors (Lipinski definition) is 6. The van der Waals surface area contributed by atoms with E-state index in [0.717, 1.165) is 50.9 Å². The number of carbonyl (C=O) groups excluding carboxylic acids is 3. The largest absolute Gasteiger partial charge is 0.390 e. The Morgan fingerprint density at radius 2 is 1.60 bits per heavy atom. The fourth-order valence-corrected chi connectivity index (χ4v) is 6.75. The van der Waals surface area contributed by atoms with Gasteiger partial charge in [0.2, 0.25) is 11.8 Å². The molecule has 2 fully saturated rings. The molecule has 9 nitrogen and oxygen atoms in total. The van der Waals surface area contributed by atoms with Crippen molar-refractivity contribution in [3.63, 3.8) is 0 Å². The summed E-state index contributed by atoms with van der Waals surface area (Å²) in [6.45, 7) is 8.41.